The second-order valence-electron chi connectivity index (χ2n) is 3.70. The van der Waals surface area contributed by atoms with Gasteiger partial charge in [0.1, 0.15) is 0 Å². The van der Waals surface area contributed by atoms with E-state index in [1.165, 1.54) is 5.56 Å². The molecule has 0 aliphatic heterocycles. The van der Waals surface area contributed by atoms with Gasteiger partial charge in [-0.2, -0.15) is 0 Å². The van der Waals surface area contributed by atoms with Crippen molar-refractivity contribution in [3.63, 3.8) is 0 Å². The lowest BCUT2D eigenvalue weighted by atomic mass is 10.1. The molecule has 0 fully saturated rings. The number of nitrogens with one attached hydrogen (secondary N) is 1. The zero-order valence-corrected chi connectivity index (χ0v) is 10.9. The van der Waals surface area contributed by atoms with Crippen LogP contribution in [-0.4, -0.2) is 12.0 Å². The summed E-state index contributed by atoms with van der Waals surface area (Å²) in [4.78, 5) is 4.33. The van der Waals surface area contributed by atoms with Crippen molar-refractivity contribution in [2.45, 2.75) is 6.54 Å². The predicted molar refractivity (Wildman–Crippen MR) is 72.5 cm³/mol. The SMILES string of the molecule is CNCc1ccnc(-c2ccc(Cl)cc2Cl)c1. The molecule has 0 unspecified atom stereocenters. The first kappa shape index (κ1) is 12.4. The fourth-order valence-electron chi connectivity index (χ4n) is 1.63. The Hall–Kier alpha value is -1.09. The molecule has 88 valence electrons. The van der Waals surface area contributed by atoms with Crippen LogP contribution in [-0.2, 0) is 6.54 Å². The summed E-state index contributed by atoms with van der Waals surface area (Å²) in [5.74, 6) is 0. The number of halogens is 2. The lowest BCUT2D eigenvalue weighted by molar-refractivity contribution is 0.816. The van der Waals surface area contributed by atoms with E-state index in [9.17, 15) is 0 Å². The maximum Gasteiger partial charge on any atom is 0.0720 e. The molecule has 0 aliphatic carbocycles. The number of aromatic nitrogens is 1. The fraction of sp³-hybridized carbons (Fsp3) is 0.154. The maximum atomic E-state index is 6.15. The van der Waals surface area contributed by atoms with E-state index in [4.69, 9.17) is 23.2 Å². The Morgan fingerprint density at radius 3 is 2.71 bits per heavy atom. The minimum atomic E-state index is 0.617. The monoisotopic (exact) mass is 266 g/mol. The van der Waals surface area contributed by atoms with E-state index in [-0.39, 0.29) is 0 Å². The quantitative estimate of drug-likeness (QED) is 0.915. The smallest absolute Gasteiger partial charge is 0.0720 e. The highest BCUT2D eigenvalue weighted by molar-refractivity contribution is 6.36. The minimum Gasteiger partial charge on any atom is -0.316 e. The Morgan fingerprint density at radius 2 is 2.00 bits per heavy atom. The summed E-state index contributed by atoms with van der Waals surface area (Å²) < 4.78 is 0. The molecule has 2 nitrogen and oxygen atoms in total. The van der Waals surface area contributed by atoms with Crippen molar-refractivity contribution in [3.05, 3.63) is 52.1 Å². The Kier molecular flexibility index (Phi) is 4.00. The van der Waals surface area contributed by atoms with Gasteiger partial charge in [-0.25, -0.2) is 0 Å². The van der Waals surface area contributed by atoms with Gasteiger partial charge in [0.05, 0.1) is 10.7 Å². The summed E-state index contributed by atoms with van der Waals surface area (Å²) in [6, 6.07) is 9.42. The molecule has 0 spiro atoms. The van der Waals surface area contributed by atoms with Crippen LogP contribution in [0.5, 0.6) is 0 Å². The summed E-state index contributed by atoms with van der Waals surface area (Å²) in [6.07, 6.45) is 1.78. The van der Waals surface area contributed by atoms with Gasteiger partial charge in [0.2, 0.25) is 0 Å². The van der Waals surface area contributed by atoms with Crippen molar-refractivity contribution in [1.82, 2.24) is 10.3 Å². The van der Waals surface area contributed by atoms with E-state index in [2.05, 4.69) is 10.3 Å². The maximum absolute atomic E-state index is 6.15. The number of hydrogen-bond acceptors (Lipinski definition) is 2. The molecule has 0 amide bonds. The van der Waals surface area contributed by atoms with Gasteiger partial charge in [0.25, 0.3) is 0 Å². The van der Waals surface area contributed by atoms with Crippen LogP contribution in [0.2, 0.25) is 10.0 Å². The minimum absolute atomic E-state index is 0.617. The average Bonchev–Trinajstić information content (AvgIpc) is 2.29. The molecule has 0 atom stereocenters. The largest absolute Gasteiger partial charge is 0.316 e. The number of rotatable bonds is 3. The van der Waals surface area contributed by atoms with Crippen LogP contribution in [0.1, 0.15) is 5.56 Å². The molecule has 0 saturated heterocycles. The molecule has 1 aromatic carbocycles. The number of pyridine rings is 1. The van der Waals surface area contributed by atoms with E-state index >= 15 is 0 Å². The van der Waals surface area contributed by atoms with Gasteiger partial charge >= 0.3 is 0 Å². The molecule has 0 bridgehead atoms. The van der Waals surface area contributed by atoms with Gasteiger partial charge in [0, 0.05) is 23.3 Å². The summed E-state index contributed by atoms with van der Waals surface area (Å²) >= 11 is 12.0. The Morgan fingerprint density at radius 1 is 1.18 bits per heavy atom. The van der Waals surface area contributed by atoms with Crippen molar-refractivity contribution in [1.29, 1.82) is 0 Å². The summed E-state index contributed by atoms with van der Waals surface area (Å²) in [7, 11) is 1.91. The van der Waals surface area contributed by atoms with Crippen molar-refractivity contribution in [2.75, 3.05) is 7.05 Å². The van der Waals surface area contributed by atoms with Gasteiger partial charge in [-0.15, -0.1) is 0 Å². The molecule has 1 heterocycles. The van der Waals surface area contributed by atoms with Crippen molar-refractivity contribution < 1.29 is 0 Å². The Labute approximate surface area is 111 Å². The lowest BCUT2D eigenvalue weighted by Crippen LogP contribution is -2.05. The van der Waals surface area contributed by atoms with Crippen molar-refractivity contribution >= 4 is 23.2 Å². The number of nitrogens with zero attached hydrogens (tertiary/aromatic N) is 1. The second kappa shape index (κ2) is 5.50. The number of hydrogen-bond donors (Lipinski definition) is 1. The highest BCUT2D eigenvalue weighted by atomic mass is 35.5. The molecule has 17 heavy (non-hydrogen) atoms. The summed E-state index contributed by atoms with van der Waals surface area (Å²) in [6.45, 7) is 0.806. The van der Waals surface area contributed by atoms with Crippen LogP contribution >= 0.6 is 23.2 Å². The molecule has 0 aliphatic rings. The fourth-order valence-corrected chi connectivity index (χ4v) is 2.14. The molecular weight excluding hydrogens is 255 g/mol. The molecular formula is C13H12Cl2N2. The molecule has 1 N–H and O–H groups in total. The van der Waals surface area contributed by atoms with Gasteiger partial charge in [-0.1, -0.05) is 23.2 Å². The molecule has 2 rings (SSSR count). The van der Waals surface area contributed by atoms with Crippen molar-refractivity contribution in [3.8, 4) is 11.3 Å². The van der Waals surface area contributed by atoms with Crippen LogP contribution in [0.3, 0.4) is 0 Å². The molecule has 2 aromatic rings. The first-order valence-corrected chi connectivity index (χ1v) is 6.01. The topological polar surface area (TPSA) is 24.9 Å². The zero-order chi connectivity index (χ0) is 12.3. The Bertz CT molecular complexity index is 527. The van der Waals surface area contributed by atoms with E-state index in [1.54, 1.807) is 12.3 Å². The van der Waals surface area contributed by atoms with Crippen LogP contribution in [0, 0.1) is 0 Å². The molecule has 0 radical (unpaired) electrons. The summed E-state index contributed by atoms with van der Waals surface area (Å²) in [5, 5.41) is 4.35. The van der Waals surface area contributed by atoms with Gasteiger partial charge in [0.15, 0.2) is 0 Å². The standard InChI is InChI=1S/C13H12Cl2N2/c1-16-8-9-4-5-17-13(6-9)11-3-2-10(14)7-12(11)15/h2-7,16H,8H2,1H3. The van der Waals surface area contributed by atoms with E-state index < -0.39 is 0 Å². The third-order valence-corrected chi connectivity index (χ3v) is 2.96. The Balaban J connectivity index is 2.42. The molecule has 0 saturated carbocycles. The highest BCUT2D eigenvalue weighted by Gasteiger charge is 2.06. The first-order chi connectivity index (χ1) is 8.20. The van der Waals surface area contributed by atoms with Crippen molar-refractivity contribution in [2.24, 2.45) is 0 Å². The van der Waals surface area contributed by atoms with E-state index in [1.807, 2.05) is 31.3 Å². The highest BCUT2D eigenvalue weighted by Crippen LogP contribution is 2.29. The molecule has 4 heteroatoms. The third-order valence-electron chi connectivity index (χ3n) is 2.41. The predicted octanol–water partition coefficient (Wildman–Crippen LogP) is 3.77. The third kappa shape index (κ3) is 2.97. The van der Waals surface area contributed by atoms with Crippen LogP contribution < -0.4 is 5.32 Å². The normalized spacial score (nSPS) is 10.5. The van der Waals surface area contributed by atoms with Gasteiger partial charge in [-0.3, -0.25) is 4.98 Å². The van der Waals surface area contributed by atoms with Crippen LogP contribution in [0.4, 0.5) is 0 Å². The van der Waals surface area contributed by atoms with Crippen LogP contribution in [0.25, 0.3) is 11.3 Å². The number of benzene rings is 1. The molecule has 1 aromatic heterocycles. The lowest BCUT2D eigenvalue weighted by Gasteiger charge is -2.06. The van der Waals surface area contributed by atoms with Gasteiger partial charge in [-0.05, 0) is 42.9 Å². The average molecular weight is 267 g/mol. The zero-order valence-electron chi connectivity index (χ0n) is 9.37. The van der Waals surface area contributed by atoms with E-state index in [0.717, 1.165) is 17.8 Å². The van der Waals surface area contributed by atoms with Gasteiger partial charge < -0.3 is 5.32 Å². The summed E-state index contributed by atoms with van der Waals surface area (Å²) in [5.41, 5.74) is 2.93. The first-order valence-electron chi connectivity index (χ1n) is 5.25. The second-order valence-corrected chi connectivity index (χ2v) is 4.55. The van der Waals surface area contributed by atoms with Crippen LogP contribution in [0.15, 0.2) is 36.5 Å². The van der Waals surface area contributed by atoms with E-state index in [0.29, 0.717) is 10.0 Å².